The molecule has 0 radical (unpaired) electrons. The molecule has 3 aliphatic rings. The van der Waals surface area contributed by atoms with Gasteiger partial charge in [-0.05, 0) is 42.7 Å². The number of benzene rings is 2. The molecule has 0 atom stereocenters. The summed E-state index contributed by atoms with van der Waals surface area (Å²) in [7, 11) is 0. The minimum Gasteiger partial charge on any atom is -0.353 e. The van der Waals surface area contributed by atoms with Crippen LogP contribution in [-0.2, 0) is 0 Å². The van der Waals surface area contributed by atoms with E-state index in [1.54, 1.807) is 17.6 Å². The summed E-state index contributed by atoms with van der Waals surface area (Å²) in [5, 5.41) is 12.4. The van der Waals surface area contributed by atoms with E-state index in [1.165, 1.54) is 12.8 Å². The number of hydrogen-bond acceptors (Lipinski definition) is 5. The number of hydroxylamine groups is 1. The molecule has 0 saturated heterocycles. The van der Waals surface area contributed by atoms with Gasteiger partial charge in [-0.3, -0.25) is 15.0 Å². The van der Waals surface area contributed by atoms with Crippen molar-refractivity contribution in [2.75, 3.05) is 16.8 Å². The zero-order valence-electron chi connectivity index (χ0n) is 15.2. The summed E-state index contributed by atoms with van der Waals surface area (Å²) in [6.45, 7) is 0.674. The highest BCUT2D eigenvalue weighted by Gasteiger charge is 2.37. The van der Waals surface area contributed by atoms with E-state index in [2.05, 4.69) is 40.6 Å². The van der Waals surface area contributed by atoms with Crippen molar-refractivity contribution in [1.29, 1.82) is 0 Å². The fourth-order valence-electron chi connectivity index (χ4n) is 3.76. The van der Waals surface area contributed by atoms with Crippen molar-refractivity contribution in [3.8, 4) is 0 Å². The molecule has 3 N–H and O–H groups in total. The molecule has 6 nitrogen and oxygen atoms in total. The van der Waals surface area contributed by atoms with E-state index in [-0.39, 0.29) is 0 Å². The Labute approximate surface area is 162 Å². The smallest absolute Gasteiger partial charge is 0.274 e. The maximum absolute atomic E-state index is 11.6. The zero-order valence-corrected chi connectivity index (χ0v) is 15.2. The SMILES string of the molecule is O=C(NO)c1ccc(C2=C3C=CCN=C3N(C3CC3)c3ccccc3N2)cc1. The van der Waals surface area contributed by atoms with Crippen LogP contribution in [0.5, 0.6) is 0 Å². The Bertz CT molecular complexity index is 1030. The van der Waals surface area contributed by atoms with E-state index in [9.17, 15) is 4.79 Å². The van der Waals surface area contributed by atoms with Gasteiger partial charge >= 0.3 is 0 Å². The largest absolute Gasteiger partial charge is 0.353 e. The summed E-state index contributed by atoms with van der Waals surface area (Å²) in [4.78, 5) is 18.9. The summed E-state index contributed by atoms with van der Waals surface area (Å²) < 4.78 is 0. The van der Waals surface area contributed by atoms with Gasteiger partial charge in [-0.1, -0.05) is 36.4 Å². The third kappa shape index (κ3) is 2.78. The molecular formula is C22H20N4O2. The Balaban J connectivity index is 1.66. The number of fused-ring (bicyclic) bond motifs is 2. The van der Waals surface area contributed by atoms with Gasteiger partial charge in [0.25, 0.3) is 5.91 Å². The normalized spacial score (nSPS) is 17.9. The number of para-hydroxylation sites is 2. The number of rotatable bonds is 3. The third-order valence-corrected chi connectivity index (χ3v) is 5.24. The van der Waals surface area contributed by atoms with Crippen LogP contribution in [-0.4, -0.2) is 29.5 Å². The summed E-state index contributed by atoms with van der Waals surface area (Å²) in [6.07, 6.45) is 6.53. The Morgan fingerprint density at radius 2 is 1.93 bits per heavy atom. The first-order valence-electron chi connectivity index (χ1n) is 9.42. The van der Waals surface area contributed by atoms with Crippen LogP contribution < -0.4 is 15.7 Å². The summed E-state index contributed by atoms with van der Waals surface area (Å²) in [5.41, 5.74) is 7.22. The van der Waals surface area contributed by atoms with E-state index in [0.717, 1.165) is 34.0 Å². The molecule has 5 rings (SSSR count). The first-order chi connectivity index (χ1) is 13.8. The number of amidine groups is 1. The van der Waals surface area contributed by atoms with Crippen LogP contribution in [0.1, 0.15) is 28.8 Å². The molecule has 0 bridgehead atoms. The van der Waals surface area contributed by atoms with Crippen molar-refractivity contribution in [1.82, 2.24) is 5.48 Å². The predicted octanol–water partition coefficient (Wildman–Crippen LogP) is 3.58. The number of carbonyl (C=O) groups excluding carboxylic acids is 1. The topological polar surface area (TPSA) is 77.0 Å². The molecule has 2 aromatic rings. The highest BCUT2D eigenvalue weighted by atomic mass is 16.5. The zero-order chi connectivity index (χ0) is 19.1. The Morgan fingerprint density at radius 1 is 1.14 bits per heavy atom. The van der Waals surface area contributed by atoms with Crippen molar-refractivity contribution in [2.45, 2.75) is 18.9 Å². The maximum Gasteiger partial charge on any atom is 0.274 e. The fourth-order valence-corrected chi connectivity index (χ4v) is 3.76. The molecule has 2 aliphatic heterocycles. The first kappa shape index (κ1) is 16.8. The number of nitrogens with one attached hydrogen (secondary N) is 2. The molecule has 6 heteroatoms. The average molecular weight is 372 g/mol. The van der Waals surface area contributed by atoms with Crippen molar-refractivity contribution in [3.63, 3.8) is 0 Å². The second-order valence-electron chi connectivity index (χ2n) is 7.12. The first-order valence-corrected chi connectivity index (χ1v) is 9.42. The van der Waals surface area contributed by atoms with Crippen LogP contribution in [0.25, 0.3) is 5.70 Å². The van der Waals surface area contributed by atoms with Gasteiger partial charge in [-0.2, -0.15) is 0 Å². The standard InChI is InChI=1S/C22H20N4O2/c27-22(25-28)15-9-7-14(8-10-15)20-17-4-3-13-23-21(17)26(16-11-12-16)19-6-2-1-5-18(19)24-20/h1-10,16,24,28H,11-13H2,(H,25,27). The average Bonchev–Trinajstić information content (AvgIpc) is 3.59. The number of aliphatic imine (C=N–C) groups is 1. The fraction of sp³-hybridized carbons (Fsp3) is 0.182. The van der Waals surface area contributed by atoms with Crippen molar-refractivity contribution in [2.24, 2.45) is 4.99 Å². The molecule has 1 fully saturated rings. The van der Waals surface area contributed by atoms with E-state index in [4.69, 9.17) is 10.2 Å². The lowest BCUT2D eigenvalue weighted by Crippen LogP contribution is -2.34. The van der Waals surface area contributed by atoms with E-state index >= 15 is 0 Å². The van der Waals surface area contributed by atoms with Crippen LogP contribution in [0.15, 0.2) is 71.2 Å². The van der Waals surface area contributed by atoms with Gasteiger partial charge in [0.05, 0.1) is 23.6 Å². The minimum atomic E-state index is -0.525. The lowest BCUT2D eigenvalue weighted by Gasteiger charge is -2.27. The van der Waals surface area contributed by atoms with Crippen LogP contribution in [0.2, 0.25) is 0 Å². The summed E-state index contributed by atoms with van der Waals surface area (Å²) >= 11 is 0. The molecule has 1 saturated carbocycles. The quantitative estimate of drug-likeness (QED) is 0.569. The van der Waals surface area contributed by atoms with E-state index in [1.807, 2.05) is 18.2 Å². The van der Waals surface area contributed by atoms with Crippen LogP contribution in [0.3, 0.4) is 0 Å². The monoisotopic (exact) mass is 372 g/mol. The van der Waals surface area contributed by atoms with Gasteiger partial charge in [0.2, 0.25) is 0 Å². The lowest BCUT2D eigenvalue weighted by atomic mass is 10.0. The number of amides is 1. The second kappa shape index (κ2) is 6.65. The number of dihydropyridines is 1. The van der Waals surface area contributed by atoms with Crippen molar-refractivity contribution in [3.05, 3.63) is 77.4 Å². The van der Waals surface area contributed by atoms with Gasteiger partial charge in [0.15, 0.2) is 0 Å². The van der Waals surface area contributed by atoms with Gasteiger partial charge in [0.1, 0.15) is 5.84 Å². The van der Waals surface area contributed by atoms with Gasteiger partial charge in [-0.25, -0.2) is 5.48 Å². The molecule has 2 aromatic carbocycles. The summed E-state index contributed by atoms with van der Waals surface area (Å²) in [5.74, 6) is 0.470. The Kier molecular flexibility index (Phi) is 3.98. The molecule has 0 aromatic heterocycles. The molecule has 140 valence electrons. The van der Waals surface area contributed by atoms with Crippen LogP contribution in [0, 0.1) is 0 Å². The van der Waals surface area contributed by atoms with Crippen LogP contribution in [0.4, 0.5) is 11.4 Å². The van der Waals surface area contributed by atoms with Gasteiger partial charge < -0.3 is 10.2 Å². The number of nitrogens with zero attached hydrogens (tertiary/aromatic N) is 2. The molecule has 2 heterocycles. The lowest BCUT2D eigenvalue weighted by molar-refractivity contribution is 0.0706. The molecule has 1 aliphatic carbocycles. The van der Waals surface area contributed by atoms with E-state index in [0.29, 0.717) is 18.2 Å². The van der Waals surface area contributed by atoms with Crippen molar-refractivity contribution >= 4 is 28.8 Å². The highest BCUT2D eigenvalue weighted by Crippen LogP contribution is 2.42. The summed E-state index contributed by atoms with van der Waals surface area (Å²) in [6, 6.07) is 16.0. The van der Waals surface area contributed by atoms with Gasteiger partial charge in [-0.15, -0.1) is 0 Å². The predicted molar refractivity (Wildman–Crippen MR) is 110 cm³/mol. The molecule has 1 amide bonds. The minimum absolute atomic E-state index is 0.401. The Morgan fingerprint density at radius 3 is 2.68 bits per heavy atom. The van der Waals surface area contributed by atoms with Gasteiger partial charge in [0, 0.05) is 17.2 Å². The van der Waals surface area contributed by atoms with Crippen LogP contribution >= 0.6 is 0 Å². The molecule has 0 unspecified atom stereocenters. The molecule has 28 heavy (non-hydrogen) atoms. The number of carbonyl (C=O) groups is 1. The highest BCUT2D eigenvalue weighted by molar-refractivity contribution is 6.20. The van der Waals surface area contributed by atoms with E-state index < -0.39 is 5.91 Å². The third-order valence-electron chi connectivity index (χ3n) is 5.24. The molecular weight excluding hydrogens is 352 g/mol. The number of hydrogen-bond donors (Lipinski definition) is 3. The maximum atomic E-state index is 11.6. The second-order valence-corrected chi connectivity index (χ2v) is 7.12. The molecule has 0 spiro atoms. The number of anilines is 2. The van der Waals surface area contributed by atoms with Crippen molar-refractivity contribution < 1.29 is 10.0 Å². The Hall–Kier alpha value is -3.38.